The van der Waals surface area contributed by atoms with Crippen molar-refractivity contribution in [1.82, 2.24) is 19.9 Å². The molecule has 0 amide bonds. The normalized spacial score (nSPS) is 21.8. The fourth-order valence-corrected chi connectivity index (χ4v) is 5.37. The number of benzene rings is 1. The number of hydrogen-bond donors (Lipinski definition) is 1. The van der Waals surface area contributed by atoms with Crippen LogP contribution >= 0.6 is 23.2 Å². The van der Waals surface area contributed by atoms with Crippen molar-refractivity contribution in [1.29, 1.82) is 0 Å². The molecule has 2 aliphatic heterocycles. The Morgan fingerprint density at radius 3 is 2.44 bits per heavy atom. The Morgan fingerprint density at radius 2 is 1.81 bits per heavy atom. The second kappa shape index (κ2) is 9.92. The van der Waals surface area contributed by atoms with Gasteiger partial charge in [-0.25, -0.2) is 23.4 Å². The van der Waals surface area contributed by atoms with Gasteiger partial charge in [0, 0.05) is 31.2 Å². The van der Waals surface area contributed by atoms with Gasteiger partial charge in [0.2, 0.25) is 11.8 Å². The molecule has 2 fully saturated rings. The van der Waals surface area contributed by atoms with Crippen molar-refractivity contribution < 1.29 is 22.3 Å². The Hall–Kier alpha value is -2.80. The molecule has 2 aliphatic rings. The van der Waals surface area contributed by atoms with Gasteiger partial charge in [0.15, 0.2) is 15.7 Å². The Bertz CT molecular complexity index is 1370. The van der Waals surface area contributed by atoms with E-state index in [4.69, 9.17) is 32.7 Å². The molecule has 2 bridgehead atoms. The van der Waals surface area contributed by atoms with Crippen molar-refractivity contribution in [2.24, 2.45) is 11.8 Å². The third-order valence-electron chi connectivity index (χ3n) is 6.02. The van der Waals surface area contributed by atoms with Crippen LogP contribution in [0.3, 0.4) is 0 Å². The summed E-state index contributed by atoms with van der Waals surface area (Å²) in [6, 6.07) is 4.10. The lowest BCUT2D eigenvalue weighted by Crippen LogP contribution is -2.58. The second-order valence-electron chi connectivity index (χ2n) is 8.63. The molecule has 14 heteroatoms. The summed E-state index contributed by atoms with van der Waals surface area (Å²) in [5.74, 6) is -0.714. The molecule has 4 heterocycles. The number of nitrogens with zero attached hydrogens (tertiary/aromatic N) is 5. The van der Waals surface area contributed by atoms with E-state index in [-0.39, 0.29) is 45.2 Å². The van der Waals surface area contributed by atoms with Crippen molar-refractivity contribution >= 4 is 50.5 Å². The minimum atomic E-state index is -3.44. The number of anilines is 3. The number of ether oxygens (including phenoxy) is 2. The number of sulfone groups is 1. The van der Waals surface area contributed by atoms with Gasteiger partial charge < -0.3 is 19.7 Å². The van der Waals surface area contributed by atoms with Gasteiger partial charge in [-0.3, -0.25) is 0 Å². The molecule has 2 unspecified atom stereocenters. The summed E-state index contributed by atoms with van der Waals surface area (Å²) < 4.78 is 50.6. The van der Waals surface area contributed by atoms with Crippen LogP contribution in [-0.2, 0) is 14.6 Å². The van der Waals surface area contributed by atoms with Gasteiger partial charge in [0.25, 0.3) is 5.88 Å². The molecule has 0 aliphatic carbocycles. The summed E-state index contributed by atoms with van der Waals surface area (Å²) in [6.45, 7) is 1.99. The van der Waals surface area contributed by atoms with Gasteiger partial charge in [0.05, 0.1) is 46.2 Å². The fraction of sp³-hybridized carbons (Fsp3) is 0.364. The molecule has 10 nitrogen and oxygen atoms in total. The minimum Gasteiger partial charge on any atom is -0.471 e. The molecule has 1 N–H and O–H groups in total. The average molecular weight is 555 g/mol. The zero-order valence-corrected chi connectivity index (χ0v) is 21.3. The average Bonchev–Trinajstić information content (AvgIpc) is 2.82. The van der Waals surface area contributed by atoms with Crippen LogP contribution in [0, 0.1) is 17.7 Å². The summed E-state index contributed by atoms with van der Waals surface area (Å²) in [7, 11) is -3.44. The molecular weight excluding hydrogens is 534 g/mol. The first-order valence-corrected chi connectivity index (χ1v) is 13.6. The van der Waals surface area contributed by atoms with E-state index in [1.807, 2.05) is 4.90 Å². The third-order valence-corrected chi connectivity index (χ3v) is 7.64. The van der Waals surface area contributed by atoms with Gasteiger partial charge >= 0.3 is 0 Å². The Balaban J connectivity index is 1.33. The quantitative estimate of drug-likeness (QED) is 0.485. The number of piperidine rings is 1. The lowest BCUT2D eigenvalue weighted by molar-refractivity contribution is -0.0780. The van der Waals surface area contributed by atoms with Gasteiger partial charge in [0.1, 0.15) is 12.4 Å². The zero-order valence-electron chi connectivity index (χ0n) is 18.9. The zero-order chi connectivity index (χ0) is 25.4. The van der Waals surface area contributed by atoms with Crippen molar-refractivity contribution in [3.63, 3.8) is 0 Å². The molecule has 3 aromatic rings. The number of hydrogen-bond acceptors (Lipinski definition) is 10. The van der Waals surface area contributed by atoms with Crippen LogP contribution in [0.15, 0.2) is 41.8 Å². The molecule has 190 valence electrons. The molecule has 36 heavy (non-hydrogen) atoms. The Kier molecular flexibility index (Phi) is 6.86. The van der Waals surface area contributed by atoms with Gasteiger partial charge in [-0.1, -0.05) is 23.2 Å². The van der Waals surface area contributed by atoms with Crippen LogP contribution in [-0.4, -0.2) is 67.0 Å². The highest BCUT2D eigenvalue weighted by Gasteiger charge is 2.43. The monoisotopic (exact) mass is 554 g/mol. The van der Waals surface area contributed by atoms with Crippen molar-refractivity contribution in [3.05, 3.63) is 52.8 Å². The van der Waals surface area contributed by atoms with E-state index in [0.29, 0.717) is 37.3 Å². The maximum Gasteiger partial charge on any atom is 0.256 e. The third kappa shape index (κ3) is 5.17. The number of nitrogens with one attached hydrogen (secondary N) is 1. The van der Waals surface area contributed by atoms with Crippen LogP contribution in [0.1, 0.15) is 0 Å². The molecule has 2 atom stereocenters. The van der Waals surface area contributed by atoms with E-state index in [9.17, 15) is 8.42 Å². The van der Waals surface area contributed by atoms with Gasteiger partial charge in [-0.15, -0.1) is 0 Å². The fourth-order valence-electron chi connectivity index (χ4n) is 4.33. The van der Waals surface area contributed by atoms with E-state index >= 15 is 4.39 Å². The topological polar surface area (TPSA) is 119 Å². The van der Waals surface area contributed by atoms with Gasteiger partial charge in [-0.05, 0) is 18.2 Å². The summed E-state index contributed by atoms with van der Waals surface area (Å²) in [5.41, 5.74) is 0.286. The highest BCUT2D eigenvalue weighted by molar-refractivity contribution is 7.90. The maximum atomic E-state index is 15.3. The van der Waals surface area contributed by atoms with E-state index in [0.717, 1.165) is 6.26 Å². The van der Waals surface area contributed by atoms with Crippen molar-refractivity contribution in [2.45, 2.75) is 11.0 Å². The summed E-state index contributed by atoms with van der Waals surface area (Å²) in [4.78, 5) is 18.6. The molecular formula is C22H21Cl2FN6O4S. The van der Waals surface area contributed by atoms with Crippen LogP contribution in [0.4, 0.5) is 21.8 Å². The predicted molar refractivity (Wildman–Crippen MR) is 131 cm³/mol. The predicted octanol–water partition coefficient (Wildman–Crippen LogP) is 3.39. The first-order valence-electron chi connectivity index (χ1n) is 10.9. The van der Waals surface area contributed by atoms with Crippen LogP contribution in [0.5, 0.6) is 5.88 Å². The van der Waals surface area contributed by atoms with Gasteiger partial charge in [-0.2, -0.15) is 9.37 Å². The minimum absolute atomic E-state index is 0.0503. The van der Waals surface area contributed by atoms with E-state index < -0.39 is 15.7 Å². The molecule has 2 saturated heterocycles. The van der Waals surface area contributed by atoms with Crippen LogP contribution in [0.25, 0.3) is 0 Å². The van der Waals surface area contributed by atoms with Crippen LogP contribution < -0.4 is 15.0 Å². The first kappa shape index (κ1) is 24.9. The standard InChI is InChI=1S/C22H21Cl2FN6O4S/c1-36(32,33)15-2-3-17(16(24)4-15)30-20-18(25)21(29-11-28-20)35-19-12-7-31(8-13(19)10-34-9-12)22-26-5-14(23)6-27-22/h2-6,11-13,19H,7-10H2,1H3,(H,28,29,30). The lowest BCUT2D eigenvalue weighted by atomic mass is 9.84. The molecule has 0 spiro atoms. The SMILES string of the molecule is CS(=O)(=O)c1ccc(Nc2ncnc(OC3C4COCC3CN(c3ncc(Cl)cn3)C4)c2F)c(Cl)c1. The second-order valence-corrected chi connectivity index (χ2v) is 11.5. The van der Waals surface area contributed by atoms with E-state index in [1.165, 1.54) is 24.5 Å². The molecule has 2 aromatic heterocycles. The number of halogens is 3. The van der Waals surface area contributed by atoms with Crippen molar-refractivity contribution in [2.75, 3.05) is 42.8 Å². The van der Waals surface area contributed by atoms with E-state index in [1.54, 1.807) is 12.4 Å². The lowest BCUT2D eigenvalue weighted by Gasteiger charge is -2.46. The highest BCUT2D eigenvalue weighted by Crippen LogP contribution is 2.35. The van der Waals surface area contributed by atoms with Crippen molar-refractivity contribution in [3.8, 4) is 5.88 Å². The summed E-state index contributed by atoms with van der Waals surface area (Å²) >= 11 is 12.1. The maximum absolute atomic E-state index is 15.3. The molecule has 0 saturated carbocycles. The molecule has 1 aromatic carbocycles. The Labute approximate surface area is 216 Å². The molecule has 5 rings (SSSR count). The first-order chi connectivity index (χ1) is 17.2. The van der Waals surface area contributed by atoms with E-state index in [2.05, 4.69) is 25.3 Å². The highest BCUT2D eigenvalue weighted by atomic mass is 35.5. The Morgan fingerprint density at radius 1 is 1.11 bits per heavy atom. The summed E-state index contributed by atoms with van der Waals surface area (Å²) in [5, 5.41) is 3.34. The van der Waals surface area contributed by atoms with Crippen LogP contribution in [0.2, 0.25) is 10.0 Å². The number of rotatable bonds is 6. The summed E-state index contributed by atoms with van der Waals surface area (Å²) in [6.07, 6.45) is 5.02. The largest absolute Gasteiger partial charge is 0.471 e. The smallest absolute Gasteiger partial charge is 0.256 e. The number of fused-ring (bicyclic) bond motifs is 2. The number of aromatic nitrogens is 4. The molecule has 0 radical (unpaired) electrons.